The zero-order valence-corrected chi connectivity index (χ0v) is 11.7. The number of carboxylic acids is 1. The van der Waals surface area contributed by atoms with E-state index in [-0.39, 0.29) is 5.76 Å². The molecule has 0 spiro atoms. The molecule has 1 heterocycles. The zero-order chi connectivity index (χ0) is 14.9. The Hall–Kier alpha value is -2.30. The van der Waals surface area contributed by atoms with Crippen LogP contribution in [0.25, 0.3) is 11.0 Å². The van der Waals surface area contributed by atoms with Crippen LogP contribution < -0.4 is 0 Å². The zero-order valence-electron chi connectivity index (χ0n) is 11.7. The van der Waals surface area contributed by atoms with Crippen molar-refractivity contribution in [3.05, 3.63) is 35.6 Å². The van der Waals surface area contributed by atoms with Gasteiger partial charge in [-0.2, -0.15) is 0 Å². The second-order valence-electron chi connectivity index (χ2n) is 4.83. The maximum atomic E-state index is 12.3. The number of nitrogens with zero attached hydrogens (tertiary/aromatic N) is 1. The Kier molecular flexibility index (Phi) is 3.79. The number of likely N-dealkylation sites (N-methyl/N-ethyl adjacent to an activating group) is 1. The van der Waals surface area contributed by atoms with Gasteiger partial charge in [-0.05, 0) is 31.5 Å². The van der Waals surface area contributed by atoms with Gasteiger partial charge in [-0.25, -0.2) is 4.79 Å². The molecule has 0 bridgehead atoms. The summed E-state index contributed by atoms with van der Waals surface area (Å²) in [5, 5.41) is 9.93. The van der Waals surface area contributed by atoms with Crippen molar-refractivity contribution in [2.75, 3.05) is 7.05 Å². The maximum Gasteiger partial charge on any atom is 0.326 e. The molecule has 0 saturated carbocycles. The van der Waals surface area contributed by atoms with Crippen molar-refractivity contribution >= 4 is 22.8 Å². The molecule has 0 radical (unpaired) electrons. The van der Waals surface area contributed by atoms with Crippen LogP contribution >= 0.6 is 0 Å². The van der Waals surface area contributed by atoms with E-state index in [9.17, 15) is 9.59 Å². The van der Waals surface area contributed by atoms with Crippen LogP contribution in [-0.2, 0) is 4.79 Å². The predicted molar refractivity (Wildman–Crippen MR) is 74.8 cm³/mol. The highest BCUT2D eigenvalue weighted by Crippen LogP contribution is 2.22. The van der Waals surface area contributed by atoms with Gasteiger partial charge in [-0.3, -0.25) is 4.79 Å². The molecule has 1 unspecified atom stereocenters. The summed E-state index contributed by atoms with van der Waals surface area (Å²) in [4.78, 5) is 24.6. The molecule has 106 valence electrons. The number of furan rings is 1. The summed E-state index contributed by atoms with van der Waals surface area (Å²) in [6, 6.07) is 6.42. The molecule has 2 aromatic rings. The Morgan fingerprint density at radius 3 is 2.65 bits per heavy atom. The van der Waals surface area contributed by atoms with E-state index < -0.39 is 17.9 Å². The number of carbonyl (C=O) groups is 2. The van der Waals surface area contributed by atoms with Crippen LogP contribution in [0, 0.1) is 6.92 Å². The molecule has 0 aliphatic carbocycles. The van der Waals surface area contributed by atoms with Gasteiger partial charge >= 0.3 is 5.97 Å². The Balaban J connectivity index is 2.33. The average Bonchev–Trinajstić information content (AvgIpc) is 2.80. The molecule has 20 heavy (non-hydrogen) atoms. The number of hydrogen-bond donors (Lipinski definition) is 1. The third-order valence-electron chi connectivity index (χ3n) is 3.34. The van der Waals surface area contributed by atoms with Gasteiger partial charge in [0, 0.05) is 12.4 Å². The van der Waals surface area contributed by atoms with E-state index in [4.69, 9.17) is 9.52 Å². The molecule has 0 aliphatic heterocycles. The van der Waals surface area contributed by atoms with E-state index >= 15 is 0 Å². The number of fused-ring (bicyclic) bond motifs is 1. The average molecular weight is 275 g/mol. The van der Waals surface area contributed by atoms with Gasteiger partial charge in [0.1, 0.15) is 11.6 Å². The Morgan fingerprint density at radius 2 is 2.05 bits per heavy atom. The van der Waals surface area contributed by atoms with Crippen molar-refractivity contribution in [3.8, 4) is 0 Å². The number of benzene rings is 1. The molecule has 1 aromatic heterocycles. The van der Waals surface area contributed by atoms with E-state index in [1.807, 2.05) is 19.1 Å². The van der Waals surface area contributed by atoms with Crippen LogP contribution in [0.15, 0.2) is 28.7 Å². The quantitative estimate of drug-likeness (QED) is 0.931. The normalized spacial score (nSPS) is 12.3. The fraction of sp³-hybridized carbons (Fsp3) is 0.333. The summed E-state index contributed by atoms with van der Waals surface area (Å²) < 4.78 is 5.50. The van der Waals surface area contributed by atoms with E-state index in [2.05, 4.69) is 0 Å². The minimum Gasteiger partial charge on any atom is -0.480 e. The Bertz CT molecular complexity index is 659. The summed E-state index contributed by atoms with van der Waals surface area (Å²) in [7, 11) is 1.48. The number of aryl methyl sites for hydroxylation is 1. The number of hydrogen-bond acceptors (Lipinski definition) is 3. The van der Waals surface area contributed by atoms with E-state index in [1.54, 1.807) is 19.1 Å². The van der Waals surface area contributed by atoms with Gasteiger partial charge in [-0.1, -0.05) is 18.6 Å². The van der Waals surface area contributed by atoms with E-state index in [1.165, 1.54) is 11.9 Å². The standard InChI is InChI=1S/C15H17NO4/c1-4-11(15(18)19)16(3)14(17)13-8-10-7-9(2)5-6-12(10)20-13/h5-8,11H,4H2,1-3H3,(H,18,19). The second-order valence-corrected chi connectivity index (χ2v) is 4.83. The lowest BCUT2D eigenvalue weighted by atomic mass is 10.1. The minimum absolute atomic E-state index is 0.160. The van der Waals surface area contributed by atoms with Crippen LogP contribution in [-0.4, -0.2) is 35.0 Å². The van der Waals surface area contributed by atoms with Crippen molar-refractivity contribution in [1.82, 2.24) is 4.90 Å². The molecular formula is C15H17NO4. The molecule has 5 nitrogen and oxygen atoms in total. The molecule has 1 aromatic carbocycles. The first-order chi connectivity index (χ1) is 9.43. The van der Waals surface area contributed by atoms with Crippen molar-refractivity contribution < 1.29 is 19.1 Å². The largest absolute Gasteiger partial charge is 0.480 e. The molecular weight excluding hydrogens is 258 g/mol. The SMILES string of the molecule is CCC(C(=O)O)N(C)C(=O)c1cc2cc(C)ccc2o1. The van der Waals surface area contributed by atoms with Gasteiger partial charge in [-0.15, -0.1) is 0 Å². The van der Waals surface area contributed by atoms with Crippen molar-refractivity contribution in [1.29, 1.82) is 0 Å². The summed E-state index contributed by atoms with van der Waals surface area (Å²) >= 11 is 0. The Labute approximate surface area is 116 Å². The number of carboxylic acid groups (broad SMARTS) is 1. The second kappa shape index (κ2) is 5.36. The summed E-state index contributed by atoms with van der Waals surface area (Å²) in [6.45, 7) is 3.68. The van der Waals surface area contributed by atoms with Crippen LogP contribution in [0.5, 0.6) is 0 Å². The minimum atomic E-state index is -1.02. The van der Waals surface area contributed by atoms with Crippen LogP contribution in [0.4, 0.5) is 0 Å². The first-order valence-electron chi connectivity index (χ1n) is 6.44. The molecule has 1 atom stereocenters. The molecule has 0 saturated heterocycles. The number of rotatable bonds is 4. The van der Waals surface area contributed by atoms with Crippen LogP contribution in [0.1, 0.15) is 29.5 Å². The fourth-order valence-electron chi connectivity index (χ4n) is 2.20. The van der Waals surface area contributed by atoms with Crippen LogP contribution in [0.2, 0.25) is 0 Å². The smallest absolute Gasteiger partial charge is 0.326 e. The van der Waals surface area contributed by atoms with Gasteiger partial charge in [0.05, 0.1) is 0 Å². The van der Waals surface area contributed by atoms with Crippen molar-refractivity contribution in [2.24, 2.45) is 0 Å². The molecule has 0 fully saturated rings. The van der Waals surface area contributed by atoms with E-state index in [0.29, 0.717) is 12.0 Å². The predicted octanol–water partition coefficient (Wildman–Crippen LogP) is 2.68. The lowest BCUT2D eigenvalue weighted by Crippen LogP contribution is -2.41. The highest BCUT2D eigenvalue weighted by atomic mass is 16.4. The number of aliphatic carboxylic acids is 1. The lowest BCUT2D eigenvalue weighted by Gasteiger charge is -2.22. The monoisotopic (exact) mass is 275 g/mol. The third kappa shape index (κ3) is 2.52. The summed E-state index contributed by atoms with van der Waals surface area (Å²) in [5.41, 5.74) is 1.69. The fourth-order valence-corrected chi connectivity index (χ4v) is 2.20. The van der Waals surface area contributed by atoms with Gasteiger partial charge in [0.2, 0.25) is 0 Å². The van der Waals surface area contributed by atoms with Crippen molar-refractivity contribution in [3.63, 3.8) is 0 Å². The number of carbonyl (C=O) groups excluding carboxylic acids is 1. The molecule has 5 heteroatoms. The topological polar surface area (TPSA) is 70.8 Å². The van der Waals surface area contributed by atoms with Gasteiger partial charge in [0.15, 0.2) is 5.76 Å². The first-order valence-corrected chi connectivity index (χ1v) is 6.44. The third-order valence-corrected chi connectivity index (χ3v) is 3.34. The maximum absolute atomic E-state index is 12.3. The lowest BCUT2D eigenvalue weighted by molar-refractivity contribution is -0.142. The van der Waals surface area contributed by atoms with E-state index in [0.717, 1.165) is 10.9 Å². The number of amides is 1. The van der Waals surface area contributed by atoms with Crippen molar-refractivity contribution in [2.45, 2.75) is 26.3 Å². The molecule has 0 aliphatic rings. The summed E-state index contributed by atoms with van der Waals surface area (Å²) in [6.07, 6.45) is 0.344. The molecule has 2 rings (SSSR count). The van der Waals surface area contributed by atoms with Crippen LogP contribution in [0.3, 0.4) is 0 Å². The molecule has 1 amide bonds. The van der Waals surface area contributed by atoms with Gasteiger partial charge in [0.25, 0.3) is 5.91 Å². The Morgan fingerprint density at radius 1 is 1.35 bits per heavy atom. The highest BCUT2D eigenvalue weighted by Gasteiger charge is 2.27. The molecule has 1 N–H and O–H groups in total. The summed E-state index contributed by atoms with van der Waals surface area (Å²) in [5.74, 6) is -1.28. The first kappa shape index (κ1) is 14.1. The highest BCUT2D eigenvalue weighted by molar-refractivity contribution is 5.97. The van der Waals surface area contributed by atoms with Gasteiger partial charge < -0.3 is 14.4 Å².